The van der Waals surface area contributed by atoms with Crippen LogP contribution in [0.15, 0.2) is 40.1 Å². The number of sulfonamides is 1. The summed E-state index contributed by atoms with van der Waals surface area (Å²) in [6.07, 6.45) is 2.19. The number of nitrogens with one attached hydrogen (secondary N) is 2. The van der Waals surface area contributed by atoms with Crippen LogP contribution in [0.3, 0.4) is 0 Å². The molecule has 0 bridgehead atoms. The molecule has 0 amide bonds. The van der Waals surface area contributed by atoms with Crippen LogP contribution < -0.4 is 10.0 Å². The highest BCUT2D eigenvalue weighted by atomic mass is 32.2. The summed E-state index contributed by atoms with van der Waals surface area (Å²) in [6, 6.07) is 6.83. The first kappa shape index (κ1) is 15.6. The van der Waals surface area contributed by atoms with Crippen LogP contribution >= 0.6 is 0 Å². The second-order valence-corrected chi connectivity index (χ2v) is 6.26. The number of hydrogen-bond acceptors (Lipinski definition) is 6. The molecular formula is C13H18N4O3S. The molecule has 0 fully saturated rings. The van der Waals surface area contributed by atoms with Gasteiger partial charge in [-0.05, 0) is 30.7 Å². The molecule has 114 valence electrons. The van der Waals surface area contributed by atoms with Crippen LogP contribution in [0.5, 0.6) is 0 Å². The van der Waals surface area contributed by atoms with Crippen molar-refractivity contribution in [2.75, 3.05) is 6.54 Å². The lowest BCUT2D eigenvalue weighted by Crippen LogP contribution is -2.24. The van der Waals surface area contributed by atoms with Crippen molar-refractivity contribution in [1.29, 1.82) is 0 Å². The molecule has 0 aliphatic rings. The van der Waals surface area contributed by atoms with Crippen LogP contribution in [0.4, 0.5) is 0 Å². The monoisotopic (exact) mass is 310 g/mol. The minimum Gasteiger partial charge on any atom is -0.343 e. The first-order valence-electron chi connectivity index (χ1n) is 6.66. The van der Waals surface area contributed by atoms with E-state index in [1.54, 1.807) is 18.2 Å². The molecule has 0 atom stereocenters. The molecule has 0 saturated carbocycles. The number of rotatable bonds is 8. The Labute approximate surface area is 123 Å². The zero-order valence-corrected chi connectivity index (χ0v) is 12.6. The third-order valence-electron chi connectivity index (χ3n) is 2.79. The molecule has 2 aromatic rings. The van der Waals surface area contributed by atoms with Gasteiger partial charge in [-0.2, -0.15) is 4.98 Å². The van der Waals surface area contributed by atoms with Crippen molar-refractivity contribution >= 4 is 10.0 Å². The fourth-order valence-corrected chi connectivity index (χ4v) is 2.80. The average Bonchev–Trinajstić information content (AvgIpc) is 2.99. The highest BCUT2D eigenvalue weighted by Crippen LogP contribution is 2.11. The van der Waals surface area contributed by atoms with Gasteiger partial charge in [-0.25, -0.2) is 13.1 Å². The lowest BCUT2D eigenvalue weighted by atomic mass is 10.2. The maximum absolute atomic E-state index is 12.2. The normalized spacial score (nSPS) is 11.7. The zero-order valence-electron chi connectivity index (χ0n) is 11.7. The molecule has 1 aromatic heterocycles. The first-order valence-corrected chi connectivity index (χ1v) is 8.14. The Balaban J connectivity index is 2.03. The largest absolute Gasteiger partial charge is 0.343 e. The van der Waals surface area contributed by atoms with Gasteiger partial charge >= 0.3 is 0 Å². The topological polar surface area (TPSA) is 97.1 Å². The highest BCUT2D eigenvalue weighted by molar-refractivity contribution is 7.89. The second-order valence-electron chi connectivity index (χ2n) is 4.50. The van der Waals surface area contributed by atoms with Gasteiger partial charge in [-0.3, -0.25) is 0 Å². The Morgan fingerprint density at radius 2 is 2.14 bits per heavy atom. The molecule has 2 rings (SSSR count). The smallest absolute Gasteiger partial charge is 0.240 e. The number of nitrogens with zero attached hydrogens (tertiary/aromatic N) is 2. The van der Waals surface area contributed by atoms with Gasteiger partial charge in [0, 0.05) is 6.54 Å². The van der Waals surface area contributed by atoms with Crippen LogP contribution in [-0.2, 0) is 23.1 Å². The van der Waals surface area contributed by atoms with Gasteiger partial charge in [0.05, 0.1) is 11.4 Å². The predicted molar refractivity (Wildman–Crippen MR) is 76.8 cm³/mol. The molecule has 0 aliphatic carbocycles. The fourth-order valence-electron chi connectivity index (χ4n) is 1.75. The van der Waals surface area contributed by atoms with E-state index >= 15 is 0 Å². The van der Waals surface area contributed by atoms with Crippen LogP contribution in [0.25, 0.3) is 0 Å². The Morgan fingerprint density at radius 1 is 1.29 bits per heavy atom. The molecular weight excluding hydrogens is 292 g/mol. The molecule has 2 N–H and O–H groups in total. The predicted octanol–water partition coefficient (Wildman–Crippen LogP) is 1.05. The van der Waals surface area contributed by atoms with Gasteiger partial charge in [0.2, 0.25) is 16.4 Å². The van der Waals surface area contributed by atoms with Gasteiger partial charge < -0.3 is 9.84 Å². The minimum absolute atomic E-state index is 0.00283. The maximum Gasteiger partial charge on any atom is 0.240 e. The van der Waals surface area contributed by atoms with Crippen LogP contribution in [0, 0.1) is 0 Å². The summed E-state index contributed by atoms with van der Waals surface area (Å²) in [7, 11) is -3.59. The van der Waals surface area contributed by atoms with E-state index in [1.807, 2.05) is 6.07 Å². The lowest BCUT2D eigenvalue weighted by Gasteiger charge is -2.08. The van der Waals surface area contributed by atoms with Gasteiger partial charge in [0.25, 0.3) is 0 Å². The molecule has 0 saturated heterocycles. The van der Waals surface area contributed by atoms with E-state index in [9.17, 15) is 8.42 Å². The summed E-state index contributed by atoms with van der Waals surface area (Å²) in [5, 5.41) is 6.79. The van der Waals surface area contributed by atoms with Crippen LogP contribution in [-0.4, -0.2) is 25.1 Å². The molecule has 0 spiro atoms. The van der Waals surface area contributed by atoms with Crippen LogP contribution in [0.2, 0.25) is 0 Å². The fraction of sp³-hybridized carbons (Fsp3) is 0.385. The third kappa shape index (κ3) is 4.62. The Bertz CT molecular complexity index is 656. The molecule has 0 aliphatic heterocycles. The zero-order chi connectivity index (χ0) is 15.1. The molecule has 0 unspecified atom stereocenters. The highest BCUT2D eigenvalue weighted by Gasteiger charge is 2.15. The molecule has 1 heterocycles. The van der Waals surface area contributed by atoms with Crippen molar-refractivity contribution in [3.63, 3.8) is 0 Å². The van der Waals surface area contributed by atoms with Crippen molar-refractivity contribution in [2.24, 2.45) is 0 Å². The summed E-state index contributed by atoms with van der Waals surface area (Å²) in [5.74, 6) is 0.291. The Hall–Kier alpha value is -1.77. The molecule has 1 aromatic carbocycles. The Kier molecular flexibility index (Phi) is 5.43. The van der Waals surface area contributed by atoms with E-state index in [4.69, 9.17) is 0 Å². The SMILES string of the molecule is CCCNCc1cccc(S(=O)(=O)NCc2ncon2)c1. The lowest BCUT2D eigenvalue weighted by molar-refractivity contribution is 0.409. The van der Waals surface area contributed by atoms with Crippen molar-refractivity contribution in [3.05, 3.63) is 42.0 Å². The van der Waals surface area contributed by atoms with Gasteiger partial charge in [-0.15, -0.1) is 0 Å². The quantitative estimate of drug-likeness (QED) is 0.707. The maximum atomic E-state index is 12.2. The van der Waals surface area contributed by atoms with E-state index in [2.05, 4.69) is 31.6 Å². The van der Waals surface area contributed by atoms with Crippen molar-refractivity contribution in [2.45, 2.75) is 31.3 Å². The van der Waals surface area contributed by atoms with Gasteiger partial charge in [0.1, 0.15) is 0 Å². The van der Waals surface area contributed by atoms with E-state index in [0.29, 0.717) is 12.4 Å². The average molecular weight is 310 g/mol. The van der Waals surface area contributed by atoms with E-state index < -0.39 is 10.0 Å². The summed E-state index contributed by atoms with van der Waals surface area (Å²) >= 11 is 0. The summed E-state index contributed by atoms with van der Waals surface area (Å²) in [5.41, 5.74) is 0.922. The standard InChI is InChI=1S/C13H18N4O3S/c1-2-6-14-8-11-4-3-5-12(7-11)21(18,19)16-9-13-15-10-20-17-13/h3-5,7,10,14,16H,2,6,8-9H2,1H3. The molecule has 7 nitrogen and oxygen atoms in total. The van der Waals surface area contributed by atoms with Gasteiger partial charge in [-0.1, -0.05) is 24.2 Å². The first-order chi connectivity index (χ1) is 10.1. The number of benzene rings is 1. The molecule has 21 heavy (non-hydrogen) atoms. The summed E-state index contributed by atoms with van der Waals surface area (Å²) in [4.78, 5) is 3.99. The van der Waals surface area contributed by atoms with Crippen molar-refractivity contribution in [3.8, 4) is 0 Å². The minimum atomic E-state index is -3.59. The number of aromatic nitrogens is 2. The summed E-state index contributed by atoms with van der Waals surface area (Å²) in [6.45, 7) is 3.61. The third-order valence-corrected chi connectivity index (χ3v) is 4.19. The second kappa shape index (κ2) is 7.30. The summed E-state index contributed by atoms with van der Waals surface area (Å²) < 4.78 is 31.4. The Morgan fingerprint density at radius 3 is 2.86 bits per heavy atom. The van der Waals surface area contributed by atoms with E-state index in [-0.39, 0.29) is 11.4 Å². The number of hydrogen-bond donors (Lipinski definition) is 2. The van der Waals surface area contributed by atoms with Crippen molar-refractivity contribution in [1.82, 2.24) is 20.2 Å². The van der Waals surface area contributed by atoms with Crippen molar-refractivity contribution < 1.29 is 12.9 Å². The van der Waals surface area contributed by atoms with E-state index in [0.717, 1.165) is 24.9 Å². The molecule has 0 radical (unpaired) electrons. The van der Waals surface area contributed by atoms with Crippen LogP contribution in [0.1, 0.15) is 24.7 Å². The molecule has 8 heteroatoms. The van der Waals surface area contributed by atoms with E-state index in [1.165, 1.54) is 0 Å². The van der Waals surface area contributed by atoms with Gasteiger partial charge in [0.15, 0.2) is 5.82 Å².